The summed E-state index contributed by atoms with van der Waals surface area (Å²) in [7, 11) is 3.62. The van der Waals surface area contributed by atoms with E-state index in [1.165, 1.54) is 0 Å². The molecule has 1 aromatic carbocycles. The lowest BCUT2D eigenvalue weighted by Crippen LogP contribution is -2.36. The number of rotatable bonds is 8. The molecule has 116 valence electrons. The fourth-order valence-corrected chi connectivity index (χ4v) is 2.06. The molecular formula is C15H23N3O2S. The summed E-state index contributed by atoms with van der Waals surface area (Å²) in [6.07, 6.45) is 0. The van der Waals surface area contributed by atoms with Gasteiger partial charge < -0.3 is 20.7 Å². The molecule has 0 fully saturated rings. The van der Waals surface area contributed by atoms with Crippen molar-refractivity contribution in [3.05, 3.63) is 29.8 Å². The van der Waals surface area contributed by atoms with Gasteiger partial charge in [-0.25, -0.2) is 0 Å². The van der Waals surface area contributed by atoms with E-state index in [4.69, 9.17) is 22.7 Å². The summed E-state index contributed by atoms with van der Waals surface area (Å²) in [6, 6.07) is 7.38. The Kier molecular flexibility index (Phi) is 7.11. The number of nitrogens with one attached hydrogen (secondary N) is 1. The van der Waals surface area contributed by atoms with Crippen molar-refractivity contribution in [3.8, 4) is 5.75 Å². The fourth-order valence-electron chi connectivity index (χ4n) is 1.92. The first-order valence-electron chi connectivity index (χ1n) is 6.87. The van der Waals surface area contributed by atoms with Gasteiger partial charge in [0.05, 0.1) is 0 Å². The standard InChI is InChI=1S/C15H23N3O2S/c1-11(15(19)17-2)10-18(3)8-9-20-13-6-4-12(5-7-13)14(16)21/h4-7,11H,8-10H2,1-3H3,(H2,16,21)(H,17,19). The molecule has 0 saturated carbocycles. The number of hydrogen-bond acceptors (Lipinski definition) is 4. The molecule has 3 N–H and O–H groups in total. The SMILES string of the molecule is CNC(=O)C(C)CN(C)CCOc1ccc(C(N)=S)cc1. The van der Waals surface area contributed by atoms with E-state index in [0.717, 1.165) is 17.9 Å². The van der Waals surface area contributed by atoms with E-state index in [2.05, 4.69) is 10.2 Å². The third-order valence-corrected chi connectivity index (χ3v) is 3.40. The monoisotopic (exact) mass is 309 g/mol. The summed E-state index contributed by atoms with van der Waals surface area (Å²) >= 11 is 4.90. The van der Waals surface area contributed by atoms with Crippen LogP contribution in [-0.4, -0.2) is 49.6 Å². The van der Waals surface area contributed by atoms with Crippen LogP contribution in [-0.2, 0) is 4.79 Å². The Hall–Kier alpha value is -1.66. The molecule has 0 spiro atoms. The van der Waals surface area contributed by atoms with E-state index in [1.54, 1.807) is 7.05 Å². The van der Waals surface area contributed by atoms with Gasteiger partial charge in [0.1, 0.15) is 17.3 Å². The lowest BCUT2D eigenvalue weighted by Gasteiger charge is -2.20. The van der Waals surface area contributed by atoms with Crippen LogP contribution in [0.2, 0.25) is 0 Å². The van der Waals surface area contributed by atoms with Gasteiger partial charge in [-0.2, -0.15) is 0 Å². The number of benzene rings is 1. The van der Waals surface area contributed by atoms with Crippen LogP contribution in [0.15, 0.2) is 24.3 Å². The van der Waals surface area contributed by atoms with Crippen molar-refractivity contribution in [1.82, 2.24) is 10.2 Å². The zero-order valence-electron chi connectivity index (χ0n) is 12.8. The summed E-state index contributed by atoms with van der Waals surface area (Å²) in [4.78, 5) is 13.9. The van der Waals surface area contributed by atoms with E-state index in [1.807, 2.05) is 38.2 Å². The molecule has 1 unspecified atom stereocenters. The minimum Gasteiger partial charge on any atom is -0.492 e. The number of ether oxygens (including phenoxy) is 1. The van der Waals surface area contributed by atoms with Crippen molar-refractivity contribution in [2.45, 2.75) is 6.92 Å². The maximum Gasteiger partial charge on any atom is 0.223 e. The summed E-state index contributed by atoms with van der Waals surface area (Å²) in [5.74, 6) is 0.795. The first-order valence-corrected chi connectivity index (χ1v) is 7.27. The summed E-state index contributed by atoms with van der Waals surface area (Å²) < 4.78 is 5.65. The summed E-state index contributed by atoms with van der Waals surface area (Å²) in [5, 5.41) is 2.65. The summed E-state index contributed by atoms with van der Waals surface area (Å²) in [6.45, 7) is 3.91. The Morgan fingerprint density at radius 1 is 1.43 bits per heavy atom. The quantitative estimate of drug-likeness (QED) is 0.702. The van der Waals surface area contributed by atoms with Gasteiger partial charge in [-0.15, -0.1) is 0 Å². The topological polar surface area (TPSA) is 67.6 Å². The minimum atomic E-state index is -0.0372. The molecule has 0 aliphatic rings. The molecule has 0 saturated heterocycles. The molecule has 0 radical (unpaired) electrons. The van der Waals surface area contributed by atoms with Crippen LogP contribution < -0.4 is 15.8 Å². The number of carbonyl (C=O) groups excluding carboxylic acids is 1. The van der Waals surface area contributed by atoms with Crippen molar-refractivity contribution in [1.29, 1.82) is 0 Å². The Morgan fingerprint density at radius 2 is 2.05 bits per heavy atom. The second-order valence-electron chi connectivity index (χ2n) is 5.01. The second-order valence-corrected chi connectivity index (χ2v) is 5.45. The van der Waals surface area contributed by atoms with Crippen LogP contribution in [0.3, 0.4) is 0 Å². The van der Waals surface area contributed by atoms with E-state index in [-0.39, 0.29) is 11.8 Å². The van der Waals surface area contributed by atoms with Crippen LogP contribution in [0.5, 0.6) is 5.75 Å². The molecule has 1 amide bonds. The highest BCUT2D eigenvalue weighted by Crippen LogP contribution is 2.12. The van der Waals surface area contributed by atoms with Crippen LogP contribution in [0, 0.1) is 5.92 Å². The van der Waals surface area contributed by atoms with Crippen molar-refractivity contribution in [2.75, 3.05) is 33.8 Å². The molecule has 0 bridgehead atoms. The second kappa shape index (κ2) is 8.59. The number of nitrogens with two attached hydrogens (primary N) is 1. The molecule has 1 rings (SSSR count). The Bertz CT molecular complexity index is 476. The van der Waals surface area contributed by atoms with E-state index < -0.39 is 0 Å². The normalized spacial score (nSPS) is 12.0. The van der Waals surface area contributed by atoms with Gasteiger partial charge in [-0.1, -0.05) is 19.1 Å². The third kappa shape index (κ3) is 6.10. The lowest BCUT2D eigenvalue weighted by molar-refractivity contribution is -0.124. The first-order chi connectivity index (χ1) is 9.93. The molecule has 1 aromatic rings. The van der Waals surface area contributed by atoms with Gasteiger partial charge in [0.25, 0.3) is 0 Å². The van der Waals surface area contributed by atoms with Gasteiger partial charge in [-0.05, 0) is 31.3 Å². The van der Waals surface area contributed by atoms with Gasteiger partial charge >= 0.3 is 0 Å². The summed E-state index contributed by atoms with van der Waals surface area (Å²) in [5.41, 5.74) is 6.36. The predicted octanol–water partition coefficient (Wildman–Crippen LogP) is 1.01. The van der Waals surface area contributed by atoms with Gasteiger partial charge in [0.2, 0.25) is 5.91 Å². The smallest absolute Gasteiger partial charge is 0.223 e. The molecule has 5 nitrogen and oxygen atoms in total. The van der Waals surface area contributed by atoms with Crippen LogP contribution in [0.25, 0.3) is 0 Å². The highest BCUT2D eigenvalue weighted by atomic mass is 32.1. The molecule has 0 aliphatic carbocycles. The fraction of sp³-hybridized carbons (Fsp3) is 0.467. The molecule has 0 aliphatic heterocycles. The number of carbonyl (C=O) groups is 1. The maximum absolute atomic E-state index is 11.4. The van der Waals surface area contributed by atoms with Crippen molar-refractivity contribution >= 4 is 23.1 Å². The molecule has 1 atom stereocenters. The number of amides is 1. The average Bonchev–Trinajstić information content (AvgIpc) is 2.46. The van der Waals surface area contributed by atoms with E-state index in [0.29, 0.717) is 18.1 Å². The first kappa shape index (κ1) is 17.4. The highest BCUT2D eigenvalue weighted by Gasteiger charge is 2.13. The molecule has 0 heterocycles. The third-order valence-electron chi connectivity index (χ3n) is 3.16. The molecule has 6 heteroatoms. The van der Waals surface area contributed by atoms with Gasteiger partial charge in [-0.3, -0.25) is 4.79 Å². The Labute approximate surface area is 131 Å². The molecule has 21 heavy (non-hydrogen) atoms. The van der Waals surface area contributed by atoms with Gasteiger partial charge in [0.15, 0.2) is 0 Å². The van der Waals surface area contributed by atoms with Gasteiger partial charge in [0, 0.05) is 31.6 Å². The zero-order chi connectivity index (χ0) is 15.8. The zero-order valence-corrected chi connectivity index (χ0v) is 13.6. The van der Waals surface area contributed by atoms with Crippen molar-refractivity contribution in [3.63, 3.8) is 0 Å². The van der Waals surface area contributed by atoms with Crippen molar-refractivity contribution in [2.24, 2.45) is 11.7 Å². The highest BCUT2D eigenvalue weighted by molar-refractivity contribution is 7.80. The molecule has 0 aromatic heterocycles. The minimum absolute atomic E-state index is 0.0372. The Balaban J connectivity index is 2.32. The number of thiocarbonyl (C=S) groups is 1. The lowest BCUT2D eigenvalue weighted by atomic mass is 10.1. The van der Waals surface area contributed by atoms with Crippen LogP contribution in [0.4, 0.5) is 0 Å². The number of hydrogen-bond donors (Lipinski definition) is 2. The van der Waals surface area contributed by atoms with E-state index in [9.17, 15) is 4.79 Å². The Morgan fingerprint density at radius 3 is 2.57 bits per heavy atom. The predicted molar refractivity (Wildman–Crippen MR) is 88.6 cm³/mol. The van der Waals surface area contributed by atoms with Crippen molar-refractivity contribution < 1.29 is 9.53 Å². The van der Waals surface area contributed by atoms with E-state index >= 15 is 0 Å². The van der Waals surface area contributed by atoms with Crippen LogP contribution >= 0.6 is 12.2 Å². The number of nitrogens with zero attached hydrogens (tertiary/aromatic N) is 1. The number of likely N-dealkylation sites (N-methyl/N-ethyl adjacent to an activating group) is 1. The average molecular weight is 309 g/mol. The van der Waals surface area contributed by atoms with Crippen LogP contribution in [0.1, 0.15) is 12.5 Å². The molecular weight excluding hydrogens is 286 g/mol. The maximum atomic E-state index is 11.4. The largest absolute Gasteiger partial charge is 0.492 e.